The van der Waals surface area contributed by atoms with Crippen LogP contribution in [0.1, 0.15) is 18.4 Å². The van der Waals surface area contributed by atoms with Gasteiger partial charge in [-0.2, -0.15) is 0 Å². The molecule has 2 atom stereocenters. The first-order valence-electron chi connectivity index (χ1n) is 4.90. The Morgan fingerprint density at radius 2 is 2.23 bits per heavy atom. The van der Waals surface area contributed by atoms with E-state index < -0.39 is 0 Å². The van der Waals surface area contributed by atoms with Gasteiger partial charge in [0.15, 0.2) is 0 Å². The standard InChI is InChI=1S/C11H13NO/c1-4-12-5-2-9(1)11-3-6-13-8-10(11)7-11/h1-2,4-5,10H,3,6-8H2. The minimum atomic E-state index is 0.473. The first kappa shape index (κ1) is 7.51. The van der Waals surface area contributed by atoms with Crippen molar-refractivity contribution in [2.45, 2.75) is 18.3 Å². The summed E-state index contributed by atoms with van der Waals surface area (Å²) in [6.45, 7) is 1.89. The number of fused-ring (bicyclic) bond motifs is 1. The molecular formula is C11H13NO. The van der Waals surface area contributed by atoms with Gasteiger partial charge in [0.1, 0.15) is 0 Å². The lowest BCUT2D eigenvalue weighted by Crippen LogP contribution is -2.21. The topological polar surface area (TPSA) is 22.1 Å². The summed E-state index contributed by atoms with van der Waals surface area (Å²) in [5, 5.41) is 0. The predicted octanol–water partition coefficient (Wildman–Crippen LogP) is 1.76. The number of nitrogens with zero attached hydrogens (tertiary/aromatic N) is 1. The molecule has 1 aliphatic carbocycles. The van der Waals surface area contributed by atoms with Crippen LogP contribution >= 0.6 is 0 Å². The Morgan fingerprint density at radius 3 is 3.00 bits per heavy atom. The Hall–Kier alpha value is -0.890. The van der Waals surface area contributed by atoms with E-state index in [-0.39, 0.29) is 0 Å². The van der Waals surface area contributed by atoms with E-state index in [1.165, 1.54) is 18.4 Å². The van der Waals surface area contributed by atoms with Gasteiger partial charge in [-0.15, -0.1) is 0 Å². The van der Waals surface area contributed by atoms with Crippen molar-refractivity contribution >= 4 is 0 Å². The summed E-state index contributed by atoms with van der Waals surface area (Å²) in [5.74, 6) is 0.781. The largest absolute Gasteiger partial charge is 0.381 e. The number of rotatable bonds is 1. The zero-order valence-corrected chi connectivity index (χ0v) is 7.57. The third-order valence-electron chi connectivity index (χ3n) is 3.50. The number of aromatic nitrogens is 1. The molecule has 1 aliphatic heterocycles. The molecule has 13 heavy (non-hydrogen) atoms. The van der Waals surface area contributed by atoms with Crippen LogP contribution in [0.2, 0.25) is 0 Å². The van der Waals surface area contributed by atoms with Crippen LogP contribution < -0.4 is 0 Å². The van der Waals surface area contributed by atoms with Crippen LogP contribution in [-0.2, 0) is 10.2 Å². The van der Waals surface area contributed by atoms with Crippen molar-refractivity contribution in [3.63, 3.8) is 0 Å². The summed E-state index contributed by atoms with van der Waals surface area (Å²) < 4.78 is 5.45. The lowest BCUT2D eigenvalue weighted by molar-refractivity contribution is 0.0802. The Morgan fingerprint density at radius 1 is 1.38 bits per heavy atom. The third-order valence-corrected chi connectivity index (χ3v) is 3.50. The number of ether oxygens (including phenoxy) is 1. The van der Waals surface area contributed by atoms with Gasteiger partial charge in [-0.1, -0.05) is 0 Å². The minimum absolute atomic E-state index is 0.473. The molecule has 1 saturated heterocycles. The van der Waals surface area contributed by atoms with Gasteiger partial charge in [-0.3, -0.25) is 4.98 Å². The van der Waals surface area contributed by atoms with Crippen LogP contribution in [0.15, 0.2) is 24.5 Å². The van der Waals surface area contributed by atoms with Gasteiger partial charge in [0.05, 0.1) is 6.61 Å². The maximum atomic E-state index is 5.45. The third kappa shape index (κ3) is 1.02. The van der Waals surface area contributed by atoms with Gasteiger partial charge in [0, 0.05) is 24.4 Å². The maximum Gasteiger partial charge on any atom is 0.0503 e. The molecule has 0 aromatic carbocycles. The zero-order valence-electron chi connectivity index (χ0n) is 7.57. The molecule has 1 saturated carbocycles. The van der Waals surface area contributed by atoms with Gasteiger partial charge in [0.25, 0.3) is 0 Å². The lowest BCUT2D eigenvalue weighted by atomic mass is 9.90. The molecule has 2 aliphatic rings. The molecule has 0 radical (unpaired) electrons. The first-order chi connectivity index (χ1) is 6.42. The van der Waals surface area contributed by atoms with E-state index in [1.807, 2.05) is 12.4 Å². The fourth-order valence-corrected chi connectivity index (χ4v) is 2.57. The van der Waals surface area contributed by atoms with Crippen LogP contribution in [-0.4, -0.2) is 18.2 Å². The van der Waals surface area contributed by atoms with Crippen molar-refractivity contribution in [3.8, 4) is 0 Å². The van der Waals surface area contributed by atoms with Gasteiger partial charge < -0.3 is 4.74 Å². The Balaban J connectivity index is 1.94. The van der Waals surface area contributed by atoms with Crippen LogP contribution in [0.4, 0.5) is 0 Å². The monoisotopic (exact) mass is 175 g/mol. The summed E-state index contributed by atoms with van der Waals surface area (Å²) in [6, 6.07) is 4.32. The average Bonchev–Trinajstić information content (AvgIpc) is 2.94. The second kappa shape index (κ2) is 2.55. The van der Waals surface area contributed by atoms with E-state index in [1.54, 1.807) is 0 Å². The summed E-state index contributed by atoms with van der Waals surface area (Å²) in [6.07, 6.45) is 6.31. The van der Waals surface area contributed by atoms with Crippen LogP contribution in [0.25, 0.3) is 0 Å². The molecule has 0 spiro atoms. The summed E-state index contributed by atoms with van der Waals surface area (Å²) in [4.78, 5) is 4.06. The minimum Gasteiger partial charge on any atom is -0.381 e. The smallest absolute Gasteiger partial charge is 0.0503 e. The quantitative estimate of drug-likeness (QED) is 0.648. The second-order valence-corrected chi connectivity index (χ2v) is 4.12. The van der Waals surface area contributed by atoms with Crippen molar-refractivity contribution in [3.05, 3.63) is 30.1 Å². The van der Waals surface area contributed by atoms with Crippen molar-refractivity contribution < 1.29 is 4.74 Å². The molecule has 2 nitrogen and oxygen atoms in total. The molecule has 1 aromatic heterocycles. The highest BCUT2D eigenvalue weighted by Gasteiger charge is 2.56. The highest BCUT2D eigenvalue weighted by atomic mass is 16.5. The van der Waals surface area contributed by atoms with E-state index in [4.69, 9.17) is 4.74 Å². The fraction of sp³-hybridized carbons (Fsp3) is 0.545. The molecule has 2 heterocycles. The van der Waals surface area contributed by atoms with Crippen LogP contribution in [0.5, 0.6) is 0 Å². The summed E-state index contributed by atoms with van der Waals surface area (Å²) in [7, 11) is 0. The van der Waals surface area contributed by atoms with E-state index in [9.17, 15) is 0 Å². The molecule has 68 valence electrons. The first-order valence-corrected chi connectivity index (χ1v) is 4.90. The molecule has 2 unspecified atom stereocenters. The van der Waals surface area contributed by atoms with Gasteiger partial charge in [-0.25, -0.2) is 0 Å². The van der Waals surface area contributed by atoms with Crippen molar-refractivity contribution in [2.24, 2.45) is 5.92 Å². The van der Waals surface area contributed by atoms with Crippen LogP contribution in [0, 0.1) is 5.92 Å². The molecule has 0 N–H and O–H groups in total. The molecular weight excluding hydrogens is 162 g/mol. The van der Waals surface area contributed by atoms with E-state index in [0.717, 1.165) is 19.1 Å². The number of hydrogen-bond acceptors (Lipinski definition) is 2. The van der Waals surface area contributed by atoms with Crippen LogP contribution in [0.3, 0.4) is 0 Å². The number of hydrogen-bond donors (Lipinski definition) is 0. The molecule has 3 rings (SSSR count). The zero-order chi connectivity index (χ0) is 8.73. The molecule has 0 bridgehead atoms. The SMILES string of the molecule is c1cc(C23CCOCC2C3)ccn1. The van der Waals surface area contributed by atoms with E-state index in [2.05, 4.69) is 17.1 Å². The summed E-state index contributed by atoms with van der Waals surface area (Å²) in [5.41, 5.74) is 1.94. The molecule has 1 aromatic rings. The predicted molar refractivity (Wildman–Crippen MR) is 49.5 cm³/mol. The Bertz CT molecular complexity index is 311. The van der Waals surface area contributed by atoms with Crippen molar-refractivity contribution in [1.82, 2.24) is 4.98 Å². The molecule has 0 amide bonds. The van der Waals surface area contributed by atoms with E-state index >= 15 is 0 Å². The highest BCUT2D eigenvalue weighted by Crippen LogP contribution is 2.58. The lowest BCUT2D eigenvalue weighted by Gasteiger charge is -2.22. The van der Waals surface area contributed by atoms with Gasteiger partial charge in [0.2, 0.25) is 0 Å². The van der Waals surface area contributed by atoms with Gasteiger partial charge >= 0.3 is 0 Å². The second-order valence-electron chi connectivity index (χ2n) is 4.12. The maximum absolute atomic E-state index is 5.45. The van der Waals surface area contributed by atoms with Gasteiger partial charge in [-0.05, 0) is 36.5 Å². The Kier molecular flexibility index (Phi) is 1.47. The average molecular weight is 175 g/mol. The van der Waals surface area contributed by atoms with Crippen molar-refractivity contribution in [2.75, 3.05) is 13.2 Å². The van der Waals surface area contributed by atoms with E-state index in [0.29, 0.717) is 5.41 Å². The molecule has 2 fully saturated rings. The number of pyridine rings is 1. The summed E-state index contributed by atoms with van der Waals surface area (Å²) >= 11 is 0. The Labute approximate surface area is 77.9 Å². The normalized spacial score (nSPS) is 36.8. The highest BCUT2D eigenvalue weighted by molar-refractivity contribution is 5.32. The van der Waals surface area contributed by atoms with Crippen molar-refractivity contribution in [1.29, 1.82) is 0 Å². The molecule has 2 heteroatoms. The fourth-order valence-electron chi connectivity index (χ4n) is 2.57.